The summed E-state index contributed by atoms with van der Waals surface area (Å²) in [5.74, 6) is 1.62. The van der Waals surface area contributed by atoms with Crippen LogP contribution in [0.1, 0.15) is 23.4 Å². The predicted octanol–water partition coefficient (Wildman–Crippen LogP) is 0.878. The molecule has 7 nitrogen and oxygen atoms in total. The number of hydrogen-bond acceptors (Lipinski definition) is 5. The van der Waals surface area contributed by atoms with E-state index in [9.17, 15) is 0 Å². The van der Waals surface area contributed by atoms with Crippen molar-refractivity contribution in [3.63, 3.8) is 0 Å². The lowest BCUT2D eigenvalue weighted by Crippen LogP contribution is -2.38. The maximum atomic E-state index is 4.51. The van der Waals surface area contributed by atoms with Gasteiger partial charge in [0.2, 0.25) is 0 Å². The molecule has 0 unspecified atom stereocenters. The first-order valence-electron chi connectivity index (χ1n) is 6.95. The highest BCUT2D eigenvalue weighted by atomic mass is 32.1. The van der Waals surface area contributed by atoms with Crippen LogP contribution in [0.5, 0.6) is 0 Å². The lowest BCUT2D eigenvalue weighted by atomic mass is 10.3. The molecule has 2 heterocycles. The molecule has 0 aliphatic carbocycles. The van der Waals surface area contributed by atoms with Crippen molar-refractivity contribution in [2.45, 2.75) is 26.8 Å². The molecule has 2 aromatic rings. The number of aryl methyl sites for hydroxylation is 2. The van der Waals surface area contributed by atoms with Crippen LogP contribution < -0.4 is 10.6 Å². The van der Waals surface area contributed by atoms with E-state index in [1.807, 2.05) is 20.9 Å². The topological polar surface area (TPSA) is 80.0 Å². The third kappa shape index (κ3) is 4.82. The molecule has 0 atom stereocenters. The number of rotatable bonds is 6. The first-order valence-corrected chi connectivity index (χ1v) is 7.83. The van der Waals surface area contributed by atoms with E-state index < -0.39 is 0 Å². The van der Waals surface area contributed by atoms with E-state index in [1.54, 1.807) is 16.0 Å². The summed E-state index contributed by atoms with van der Waals surface area (Å²) in [6.07, 6.45) is 2.43. The molecule has 0 saturated heterocycles. The van der Waals surface area contributed by atoms with Gasteiger partial charge in [-0.1, -0.05) is 0 Å². The molecule has 0 aromatic carbocycles. The first kappa shape index (κ1) is 15.4. The standard InChI is InChI=1S/C13H21N7S/c1-4-14-13(16-7-12-17-9-18-20(12)3)15-6-5-11-8-21-10(2)19-11/h8-9H,4-7H2,1-3H3,(H2,14,15,16). The zero-order chi connectivity index (χ0) is 15.1. The van der Waals surface area contributed by atoms with Crippen LogP contribution in [-0.4, -0.2) is 38.8 Å². The lowest BCUT2D eigenvalue weighted by molar-refractivity contribution is 0.697. The zero-order valence-electron chi connectivity index (χ0n) is 12.6. The molecule has 0 amide bonds. The Hall–Kier alpha value is -1.96. The number of aliphatic imine (C=N–C) groups is 1. The largest absolute Gasteiger partial charge is 0.357 e. The maximum absolute atomic E-state index is 4.51. The summed E-state index contributed by atoms with van der Waals surface area (Å²) in [7, 11) is 1.86. The molecule has 2 aromatic heterocycles. The van der Waals surface area contributed by atoms with Gasteiger partial charge >= 0.3 is 0 Å². The van der Waals surface area contributed by atoms with E-state index in [0.717, 1.165) is 42.0 Å². The SMILES string of the molecule is CCNC(=NCc1ncnn1C)NCCc1csc(C)n1. The number of hydrogen-bond donors (Lipinski definition) is 2. The van der Waals surface area contributed by atoms with Gasteiger partial charge in [0.25, 0.3) is 0 Å². The molecular weight excluding hydrogens is 286 g/mol. The summed E-state index contributed by atoms with van der Waals surface area (Å²) in [5.41, 5.74) is 1.12. The molecule has 0 aliphatic heterocycles. The van der Waals surface area contributed by atoms with Gasteiger partial charge in [-0.25, -0.2) is 15.0 Å². The normalized spacial score (nSPS) is 11.7. The van der Waals surface area contributed by atoms with E-state index in [0.29, 0.717) is 6.54 Å². The summed E-state index contributed by atoms with van der Waals surface area (Å²) < 4.78 is 1.73. The molecule has 0 aliphatic rings. The molecule has 0 saturated carbocycles. The maximum Gasteiger partial charge on any atom is 0.191 e. The molecule has 0 spiro atoms. The Bertz CT molecular complexity index is 587. The Balaban J connectivity index is 1.85. The molecule has 0 radical (unpaired) electrons. The van der Waals surface area contributed by atoms with E-state index in [4.69, 9.17) is 0 Å². The van der Waals surface area contributed by atoms with Crippen LogP contribution in [0.25, 0.3) is 0 Å². The van der Waals surface area contributed by atoms with Gasteiger partial charge in [0.05, 0.1) is 10.7 Å². The Kier molecular flexibility index (Phi) is 5.68. The smallest absolute Gasteiger partial charge is 0.191 e. The van der Waals surface area contributed by atoms with Crippen LogP contribution in [0.4, 0.5) is 0 Å². The third-order valence-electron chi connectivity index (χ3n) is 2.87. The molecule has 0 fully saturated rings. The fourth-order valence-corrected chi connectivity index (χ4v) is 2.43. The second-order valence-electron chi connectivity index (χ2n) is 4.53. The highest BCUT2D eigenvalue weighted by Crippen LogP contribution is 2.07. The minimum Gasteiger partial charge on any atom is -0.357 e. The van der Waals surface area contributed by atoms with Gasteiger partial charge in [-0.15, -0.1) is 11.3 Å². The van der Waals surface area contributed by atoms with Crippen molar-refractivity contribution in [3.8, 4) is 0 Å². The minimum atomic E-state index is 0.502. The number of aromatic nitrogens is 4. The second-order valence-corrected chi connectivity index (χ2v) is 5.59. The van der Waals surface area contributed by atoms with E-state index >= 15 is 0 Å². The van der Waals surface area contributed by atoms with Crippen molar-refractivity contribution in [2.75, 3.05) is 13.1 Å². The van der Waals surface area contributed by atoms with Crippen LogP contribution in [-0.2, 0) is 20.0 Å². The van der Waals surface area contributed by atoms with Gasteiger partial charge in [0, 0.05) is 31.9 Å². The Morgan fingerprint density at radius 2 is 2.29 bits per heavy atom. The van der Waals surface area contributed by atoms with Crippen LogP contribution in [0.3, 0.4) is 0 Å². The Morgan fingerprint density at radius 3 is 2.90 bits per heavy atom. The summed E-state index contributed by atoms with van der Waals surface area (Å²) in [6.45, 7) is 6.19. The first-order chi connectivity index (χ1) is 10.2. The molecule has 114 valence electrons. The number of guanidine groups is 1. The van der Waals surface area contributed by atoms with Crippen molar-refractivity contribution in [1.82, 2.24) is 30.4 Å². The van der Waals surface area contributed by atoms with Crippen molar-refractivity contribution in [2.24, 2.45) is 12.0 Å². The van der Waals surface area contributed by atoms with Crippen molar-refractivity contribution in [1.29, 1.82) is 0 Å². The average Bonchev–Trinajstić information content (AvgIpc) is 3.05. The molecule has 2 rings (SSSR count). The second kappa shape index (κ2) is 7.72. The van der Waals surface area contributed by atoms with Crippen LogP contribution in [0.2, 0.25) is 0 Å². The average molecular weight is 307 g/mol. The third-order valence-corrected chi connectivity index (χ3v) is 3.69. The highest BCUT2D eigenvalue weighted by Gasteiger charge is 2.02. The predicted molar refractivity (Wildman–Crippen MR) is 84.4 cm³/mol. The molecule has 0 bridgehead atoms. The molecule has 8 heteroatoms. The Labute approximate surface area is 128 Å². The zero-order valence-corrected chi connectivity index (χ0v) is 13.4. The minimum absolute atomic E-state index is 0.502. The van der Waals surface area contributed by atoms with Gasteiger partial charge in [0.15, 0.2) is 5.96 Å². The molecule has 21 heavy (non-hydrogen) atoms. The fraction of sp³-hybridized carbons (Fsp3) is 0.538. The van der Waals surface area contributed by atoms with Crippen molar-refractivity contribution >= 4 is 17.3 Å². The molecule has 2 N–H and O–H groups in total. The quantitative estimate of drug-likeness (QED) is 0.612. The monoisotopic (exact) mass is 307 g/mol. The van der Waals surface area contributed by atoms with Gasteiger partial charge in [-0.3, -0.25) is 4.68 Å². The lowest BCUT2D eigenvalue weighted by Gasteiger charge is -2.10. The summed E-state index contributed by atoms with van der Waals surface area (Å²) in [4.78, 5) is 13.1. The number of nitrogens with zero attached hydrogens (tertiary/aromatic N) is 5. The van der Waals surface area contributed by atoms with Crippen LogP contribution in [0, 0.1) is 6.92 Å². The van der Waals surface area contributed by atoms with Gasteiger partial charge in [0.1, 0.15) is 18.7 Å². The summed E-state index contributed by atoms with van der Waals surface area (Å²) in [5, 5.41) is 13.8. The Morgan fingerprint density at radius 1 is 1.43 bits per heavy atom. The van der Waals surface area contributed by atoms with Crippen LogP contribution in [0.15, 0.2) is 16.7 Å². The van der Waals surface area contributed by atoms with E-state index in [-0.39, 0.29) is 0 Å². The van der Waals surface area contributed by atoms with E-state index in [1.165, 1.54) is 6.33 Å². The summed E-state index contributed by atoms with van der Waals surface area (Å²) >= 11 is 1.68. The van der Waals surface area contributed by atoms with Crippen LogP contribution >= 0.6 is 11.3 Å². The number of nitrogens with one attached hydrogen (secondary N) is 2. The van der Waals surface area contributed by atoms with Crippen molar-refractivity contribution < 1.29 is 0 Å². The fourth-order valence-electron chi connectivity index (χ4n) is 1.79. The van der Waals surface area contributed by atoms with Gasteiger partial charge in [-0.2, -0.15) is 5.10 Å². The van der Waals surface area contributed by atoms with Crippen molar-refractivity contribution in [3.05, 3.63) is 28.2 Å². The van der Waals surface area contributed by atoms with Gasteiger partial charge < -0.3 is 10.6 Å². The number of thiazole rings is 1. The van der Waals surface area contributed by atoms with Gasteiger partial charge in [-0.05, 0) is 13.8 Å². The highest BCUT2D eigenvalue weighted by molar-refractivity contribution is 7.09. The van der Waals surface area contributed by atoms with E-state index in [2.05, 4.69) is 36.1 Å². The molecular formula is C13H21N7S. The summed E-state index contributed by atoms with van der Waals surface area (Å²) in [6, 6.07) is 0.